The van der Waals surface area contributed by atoms with Crippen molar-refractivity contribution in [2.45, 2.75) is 45.3 Å². The molecule has 6 heteroatoms. The number of hydrogen-bond acceptors (Lipinski definition) is 4. The summed E-state index contributed by atoms with van der Waals surface area (Å²) in [5.41, 5.74) is 4.84. The van der Waals surface area contributed by atoms with Crippen LogP contribution in [0.2, 0.25) is 5.02 Å². The third-order valence-corrected chi connectivity index (χ3v) is 4.41. The highest BCUT2D eigenvalue weighted by atomic mass is 35.5. The molecule has 3 N–H and O–H groups in total. The average molecular weight is 287 g/mol. The van der Waals surface area contributed by atoms with Gasteiger partial charge in [-0.15, -0.1) is 0 Å². The molecule has 3 atom stereocenters. The standard InChI is InChI=1S/C13H23ClN4O/c1-4-9-12(14)11(18(3)17-9)7-10(16-15)13-8(2)5-6-19-13/h8,10,13,16H,4-7,15H2,1-3H3. The molecule has 0 saturated carbocycles. The third kappa shape index (κ3) is 2.94. The summed E-state index contributed by atoms with van der Waals surface area (Å²) in [5.74, 6) is 6.21. The van der Waals surface area contributed by atoms with Gasteiger partial charge in [0, 0.05) is 20.1 Å². The molecule has 5 nitrogen and oxygen atoms in total. The monoisotopic (exact) mass is 286 g/mol. The van der Waals surface area contributed by atoms with Crippen LogP contribution in [-0.2, 0) is 24.6 Å². The first kappa shape index (κ1) is 14.8. The maximum Gasteiger partial charge on any atom is 0.0850 e. The predicted octanol–water partition coefficient (Wildman–Crippen LogP) is 1.44. The number of halogens is 1. The molecule has 0 aliphatic carbocycles. The number of nitrogens with two attached hydrogens (primary N) is 1. The minimum absolute atomic E-state index is 0.0649. The summed E-state index contributed by atoms with van der Waals surface area (Å²) >= 11 is 6.38. The van der Waals surface area contributed by atoms with E-state index in [4.69, 9.17) is 22.2 Å². The molecule has 1 aliphatic heterocycles. The topological polar surface area (TPSA) is 65.1 Å². The zero-order valence-electron chi connectivity index (χ0n) is 11.8. The van der Waals surface area contributed by atoms with Crippen molar-refractivity contribution >= 4 is 11.6 Å². The number of nitrogens with one attached hydrogen (secondary N) is 1. The fourth-order valence-corrected chi connectivity index (χ4v) is 3.12. The summed E-state index contributed by atoms with van der Waals surface area (Å²) in [6.07, 6.45) is 2.79. The van der Waals surface area contributed by atoms with Crippen molar-refractivity contribution in [3.05, 3.63) is 16.4 Å². The van der Waals surface area contributed by atoms with Crippen LogP contribution in [-0.4, -0.2) is 28.5 Å². The van der Waals surface area contributed by atoms with Crippen molar-refractivity contribution < 1.29 is 4.74 Å². The van der Waals surface area contributed by atoms with E-state index >= 15 is 0 Å². The maximum absolute atomic E-state index is 6.38. The normalized spacial score (nSPS) is 24.9. The summed E-state index contributed by atoms with van der Waals surface area (Å²) in [6.45, 7) is 5.06. The Morgan fingerprint density at radius 3 is 2.84 bits per heavy atom. The quantitative estimate of drug-likeness (QED) is 0.635. The number of aryl methyl sites for hydroxylation is 2. The van der Waals surface area contributed by atoms with Crippen molar-refractivity contribution in [3.8, 4) is 0 Å². The molecular formula is C13H23ClN4O. The molecule has 1 aliphatic rings. The van der Waals surface area contributed by atoms with Gasteiger partial charge in [-0.2, -0.15) is 5.10 Å². The molecule has 1 aromatic rings. The Labute approximate surface area is 119 Å². The average Bonchev–Trinajstić information content (AvgIpc) is 2.93. The van der Waals surface area contributed by atoms with Crippen molar-refractivity contribution in [3.63, 3.8) is 0 Å². The minimum Gasteiger partial charge on any atom is -0.376 e. The molecule has 1 aromatic heterocycles. The number of aromatic nitrogens is 2. The van der Waals surface area contributed by atoms with Crippen molar-refractivity contribution in [1.29, 1.82) is 0 Å². The first-order valence-electron chi connectivity index (χ1n) is 6.86. The second kappa shape index (κ2) is 6.22. The fourth-order valence-electron chi connectivity index (χ4n) is 2.75. The Morgan fingerprint density at radius 2 is 2.37 bits per heavy atom. The van der Waals surface area contributed by atoms with Crippen LogP contribution < -0.4 is 11.3 Å². The van der Waals surface area contributed by atoms with Gasteiger partial charge >= 0.3 is 0 Å². The van der Waals surface area contributed by atoms with Gasteiger partial charge in [-0.3, -0.25) is 16.0 Å². The molecule has 1 fully saturated rings. The van der Waals surface area contributed by atoms with E-state index in [1.54, 1.807) is 0 Å². The molecule has 19 heavy (non-hydrogen) atoms. The number of rotatable bonds is 5. The Kier molecular flexibility index (Phi) is 4.84. The van der Waals surface area contributed by atoms with Gasteiger partial charge < -0.3 is 4.74 Å². The lowest BCUT2D eigenvalue weighted by Gasteiger charge is -2.25. The molecule has 0 radical (unpaired) electrons. The Balaban J connectivity index is 2.16. The van der Waals surface area contributed by atoms with Crippen molar-refractivity contribution in [2.75, 3.05) is 6.61 Å². The molecular weight excluding hydrogens is 264 g/mol. The molecule has 0 amide bonds. The van der Waals surface area contributed by atoms with Crippen LogP contribution in [0.3, 0.4) is 0 Å². The van der Waals surface area contributed by atoms with Gasteiger partial charge in [-0.25, -0.2) is 0 Å². The zero-order chi connectivity index (χ0) is 14.0. The molecule has 0 aromatic carbocycles. The largest absolute Gasteiger partial charge is 0.376 e. The molecule has 108 valence electrons. The summed E-state index contributed by atoms with van der Waals surface area (Å²) in [4.78, 5) is 0. The fraction of sp³-hybridized carbons (Fsp3) is 0.769. The number of nitrogens with zero attached hydrogens (tertiary/aromatic N) is 2. The van der Waals surface area contributed by atoms with Gasteiger partial charge in [0.05, 0.1) is 28.6 Å². The van der Waals surface area contributed by atoms with E-state index in [-0.39, 0.29) is 12.1 Å². The van der Waals surface area contributed by atoms with Crippen molar-refractivity contribution in [2.24, 2.45) is 18.8 Å². The second-order valence-electron chi connectivity index (χ2n) is 5.26. The summed E-state index contributed by atoms with van der Waals surface area (Å²) in [7, 11) is 1.92. The summed E-state index contributed by atoms with van der Waals surface area (Å²) in [6, 6.07) is 0.0649. The first-order valence-corrected chi connectivity index (χ1v) is 7.24. The maximum atomic E-state index is 6.38. The highest BCUT2D eigenvalue weighted by molar-refractivity contribution is 6.31. The molecule has 2 rings (SSSR count). The highest BCUT2D eigenvalue weighted by Crippen LogP contribution is 2.27. The van der Waals surface area contributed by atoms with Crippen LogP contribution in [0.4, 0.5) is 0 Å². The lowest BCUT2D eigenvalue weighted by Crippen LogP contribution is -2.47. The molecule has 3 unspecified atom stereocenters. The summed E-state index contributed by atoms with van der Waals surface area (Å²) < 4.78 is 7.64. The van der Waals surface area contributed by atoms with Crippen LogP contribution in [0.1, 0.15) is 31.7 Å². The zero-order valence-corrected chi connectivity index (χ0v) is 12.6. The van der Waals surface area contributed by atoms with E-state index in [0.717, 1.165) is 42.3 Å². The van der Waals surface area contributed by atoms with E-state index in [1.807, 2.05) is 11.7 Å². The van der Waals surface area contributed by atoms with Gasteiger partial charge in [0.2, 0.25) is 0 Å². The van der Waals surface area contributed by atoms with Crippen LogP contribution >= 0.6 is 11.6 Å². The smallest absolute Gasteiger partial charge is 0.0850 e. The van der Waals surface area contributed by atoms with Crippen LogP contribution in [0.25, 0.3) is 0 Å². The molecule has 0 spiro atoms. The van der Waals surface area contributed by atoms with Gasteiger partial charge in [-0.1, -0.05) is 25.4 Å². The van der Waals surface area contributed by atoms with E-state index < -0.39 is 0 Å². The predicted molar refractivity (Wildman–Crippen MR) is 75.9 cm³/mol. The van der Waals surface area contributed by atoms with E-state index in [0.29, 0.717) is 5.92 Å². The van der Waals surface area contributed by atoms with Crippen LogP contribution in [0, 0.1) is 5.92 Å². The highest BCUT2D eigenvalue weighted by Gasteiger charge is 2.32. The van der Waals surface area contributed by atoms with E-state index in [1.165, 1.54) is 0 Å². The van der Waals surface area contributed by atoms with E-state index in [2.05, 4.69) is 24.4 Å². The number of hydrogen-bond donors (Lipinski definition) is 2. The second-order valence-corrected chi connectivity index (χ2v) is 5.64. The number of hydrazine groups is 1. The molecule has 2 heterocycles. The van der Waals surface area contributed by atoms with Gasteiger partial charge in [0.1, 0.15) is 0 Å². The van der Waals surface area contributed by atoms with Crippen molar-refractivity contribution in [1.82, 2.24) is 15.2 Å². The SMILES string of the molecule is CCc1nn(C)c(CC(NN)C2OCCC2C)c1Cl. The Morgan fingerprint density at radius 1 is 1.63 bits per heavy atom. The summed E-state index contributed by atoms with van der Waals surface area (Å²) in [5, 5.41) is 5.20. The van der Waals surface area contributed by atoms with Crippen LogP contribution in [0.5, 0.6) is 0 Å². The molecule has 1 saturated heterocycles. The Bertz CT molecular complexity index is 435. The lowest BCUT2D eigenvalue weighted by atomic mass is 9.95. The third-order valence-electron chi connectivity index (χ3n) is 3.97. The molecule has 0 bridgehead atoms. The van der Waals surface area contributed by atoms with Gasteiger partial charge in [0.15, 0.2) is 0 Å². The number of ether oxygens (including phenoxy) is 1. The Hall–Kier alpha value is -0.620. The lowest BCUT2D eigenvalue weighted by molar-refractivity contribution is 0.0605. The van der Waals surface area contributed by atoms with Crippen LogP contribution in [0.15, 0.2) is 0 Å². The first-order chi connectivity index (χ1) is 9.08. The van der Waals surface area contributed by atoms with E-state index in [9.17, 15) is 0 Å². The van der Waals surface area contributed by atoms with Gasteiger partial charge in [-0.05, 0) is 18.8 Å². The minimum atomic E-state index is 0.0649. The van der Waals surface area contributed by atoms with Gasteiger partial charge in [0.25, 0.3) is 0 Å².